The fraction of sp³-hybridized carbons (Fsp3) is 0.381. The summed E-state index contributed by atoms with van der Waals surface area (Å²) < 4.78 is 10.8. The number of carbonyl (C=O) groups is 1. The third kappa shape index (κ3) is 4.13. The van der Waals surface area contributed by atoms with Crippen LogP contribution in [-0.4, -0.2) is 19.1 Å². The van der Waals surface area contributed by atoms with E-state index in [4.69, 9.17) is 9.47 Å². The third-order valence-corrected chi connectivity index (χ3v) is 4.72. The monoisotopic (exact) mass is 339 g/mol. The van der Waals surface area contributed by atoms with Crippen LogP contribution >= 0.6 is 0 Å². The van der Waals surface area contributed by atoms with E-state index < -0.39 is 6.10 Å². The van der Waals surface area contributed by atoms with Gasteiger partial charge in [0.2, 0.25) is 0 Å². The second kappa shape index (κ2) is 7.60. The van der Waals surface area contributed by atoms with Gasteiger partial charge in [0.1, 0.15) is 11.5 Å². The normalized spacial score (nSPS) is 15.2. The van der Waals surface area contributed by atoms with Crippen molar-refractivity contribution in [3.8, 4) is 11.5 Å². The van der Waals surface area contributed by atoms with Gasteiger partial charge in [-0.2, -0.15) is 0 Å². The van der Waals surface area contributed by atoms with E-state index in [1.807, 2.05) is 19.1 Å². The van der Waals surface area contributed by atoms with E-state index in [-0.39, 0.29) is 11.9 Å². The highest BCUT2D eigenvalue weighted by Crippen LogP contribution is 2.25. The Labute approximate surface area is 149 Å². The van der Waals surface area contributed by atoms with Gasteiger partial charge in [-0.25, -0.2) is 0 Å². The predicted octanol–water partition coefficient (Wildman–Crippen LogP) is 3.83. The summed E-state index contributed by atoms with van der Waals surface area (Å²) in [5.41, 5.74) is 4.00. The number of hydrogen-bond acceptors (Lipinski definition) is 3. The molecule has 1 N–H and O–H groups in total. The third-order valence-electron chi connectivity index (χ3n) is 4.72. The first-order chi connectivity index (χ1) is 12.1. The van der Waals surface area contributed by atoms with Crippen LogP contribution in [0, 0.1) is 0 Å². The van der Waals surface area contributed by atoms with Crippen molar-refractivity contribution < 1.29 is 14.3 Å². The van der Waals surface area contributed by atoms with Gasteiger partial charge in [-0.15, -0.1) is 0 Å². The maximum absolute atomic E-state index is 12.4. The van der Waals surface area contributed by atoms with Crippen molar-refractivity contribution in [1.82, 2.24) is 5.32 Å². The molecule has 0 unspecified atom stereocenters. The van der Waals surface area contributed by atoms with Gasteiger partial charge < -0.3 is 14.8 Å². The number of amides is 1. The molecule has 0 aromatic heterocycles. The van der Waals surface area contributed by atoms with Crippen LogP contribution in [0.1, 0.15) is 43.0 Å². The summed E-state index contributed by atoms with van der Waals surface area (Å²) >= 11 is 0. The highest BCUT2D eigenvalue weighted by Gasteiger charge is 2.19. The number of fused-ring (bicyclic) bond motifs is 1. The van der Waals surface area contributed by atoms with E-state index in [0.717, 1.165) is 17.7 Å². The zero-order valence-electron chi connectivity index (χ0n) is 15.0. The minimum absolute atomic E-state index is 0.0414. The smallest absolute Gasteiger partial charge is 0.261 e. The van der Waals surface area contributed by atoms with Crippen molar-refractivity contribution in [2.45, 2.75) is 45.3 Å². The number of hydrogen-bond donors (Lipinski definition) is 1. The highest BCUT2D eigenvalue weighted by atomic mass is 16.5. The number of ether oxygens (including phenoxy) is 2. The molecule has 0 saturated carbocycles. The maximum Gasteiger partial charge on any atom is 0.261 e. The summed E-state index contributed by atoms with van der Waals surface area (Å²) in [6.07, 6.45) is 2.97. The number of rotatable bonds is 6. The molecule has 2 aromatic carbocycles. The quantitative estimate of drug-likeness (QED) is 0.870. The van der Waals surface area contributed by atoms with Crippen LogP contribution < -0.4 is 14.8 Å². The van der Waals surface area contributed by atoms with E-state index in [2.05, 4.69) is 23.5 Å². The molecule has 0 radical (unpaired) electrons. The molecule has 0 aliphatic heterocycles. The molecule has 132 valence electrons. The largest absolute Gasteiger partial charge is 0.497 e. The zero-order chi connectivity index (χ0) is 17.8. The van der Waals surface area contributed by atoms with E-state index in [9.17, 15) is 4.79 Å². The topological polar surface area (TPSA) is 47.6 Å². The molecule has 1 aliphatic rings. The summed E-state index contributed by atoms with van der Waals surface area (Å²) in [5, 5.41) is 3.04. The summed E-state index contributed by atoms with van der Waals surface area (Å²) in [6.45, 7) is 3.77. The predicted molar refractivity (Wildman–Crippen MR) is 98.1 cm³/mol. The fourth-order valence-corrected chi connectivity index (χ4v) is 3.19. The minimum Gasteiger partial charge on any atom is -0.497 e. The van der Waals surface area contributed by atoms with Gasteiger partial charge in [0.15, 0.2) is 6.10 Å². The number of carbonyl (C=O) groups excluding carboxylic acids is 1. The van der Waals surface area contributed by atoms with Crippen molar-refractivity contribution in [2.75, 3.05) is 7.11 Å². The van der Waals surface area contributed by atoms with E-state index in [0.29, 0.717) is 5.75 Å². The van der Waals surface area contributed by atoms with Crippen LogP contribution in [0.25, 0.3) is 0 Å². The van der Waals surface area contributed by atoms with Crippen LogP contribution in [0.3, 0.4) is 0 Å². The molecule has 1 amide bonds. The Kier molecular flexibility index (Phi) is 5.27. The maximum atomic E-state index is 12.4. The molecule has 3 rings (SSSR count). The lowest BCUT2D eigenvalue weighted by atomic mass is 10.0. The highest BCUT2D eigenvalue weighted by molar-refractivity contribution is 5.81. The molecule has 0 spiro atoms. The molecular formula is C21H25NO3. The van der Waals surface area contributed by atoms with Crippen LogP contribution in [-0.2, 0) is 17.6 Å². The second-order valence-electron chi connectivity index (χ2n) is 6.55. The molecule has 0 bridgehead atoms. The Morgan fingerprint density at radius 2 is 1.68 bits per heavy atom. The van der Waals surface area contributed by atoms with Gasteiger partial charge in [-0.1, -0.05) is 18.2 Å². The lowest BCUT2D eigenvalue weighted by Crippen LogP contribution is -2.37. The van der Waals surface area contributed by atoms with Crippen LogP contribution in [0.4, 0.5) is 0 Å². The van der Waals surface area contributed by atoms with Gasteiger partial charge in [0.25, 0.3) is 5.91 Å². The Balaban J connectivity index is 1.58. The van der Waals surface area contributed by atoms with Crippen molar-refractivity contribution in [3.63, 3.8) is 0 Å². The molecule has 25 heavy (non-hydrogen) atoms. The lowest BCUT2D eigenvalue weighted by molar-refractivity contribution is -0.127. The number of benzene rings is 2. The molecule has 4 heteroatoms. The van der Waals surface area contributed by atoms with E-state index in [1.165, 1.54) is 24.0 Å². The number of methoxy groups -OCH3 is 1. The van der Waals surface area contributed by atoms with Crippen LogP contribution in [0.5, 0.6) is 11.5 Å². The number of aryl methyl sites for hydroxylation is 2. The SMILES string of the molecule is COc1ccc(O[C@H](C)C(=O)N[C@H](C)c2ccc3c(c2)CCC3)cc1. The first kappa shape index (κ1) is 17.3. The zero-order valence-corrected chi connectivity index (χ0v) is 15.0. The molecule has 0 fully saturated rings. The van der Waals surface area contributed by atoms with Gasteiger partial charge in [0.05, 0.1) is 13.2 Å². The van der Waals surface area contributed by atoms with Gasteiger partial charge in [-0.05, 0) is 74.1 Å². The molecule has 0 saturated heterocycles. The van der Waals surface area contributed by atoms with Crippen molar-refractivity contribution in [3.05, 3.63) is 59.2 Å². The summed E-state index contributed by atoms with van der Waals surface area (Å²) in [5.74, 6) is 1.28. The van der Waals surface area contributed by atoms with Crippen molar-refractivity contribution in [2.24, 2.45) is 0 Å². The Morgan fingerprint density at radius 1 is 1.00 bits per heavy atom. The standard InChI is InChI=1S/C21H25NO3/c1-14(17-8-7-16-5-4-6-18(16)13-17)22-21(23)15(2)25-20-11-9-19(24-3)10-12-20/h7-15H,4-6H2,1-3H3,(H,22,23)/t14-,15-/m1/s1. The minimum atomic E-state index is -0.565. The first-order valence-corrected chi connectivity index (χ1v) is 8.79. The lowest BCUT2D eigenvalue weighted by Gasteiger charge is -2.19. The van der Waals surface area contributed by atoms with Crippen molar-refractivity contribution in [1.29, 1.82) is 0 Å². The second-order valence-corrected chi connectivity index (χ2v) is 6.55. The molecule has 1 aliphatic carbocycles. The van der Waals surface area contributed by atoms with Crippen LogP contribution in [0.2, 0.25) is 0 Å². The van der Waals surface area contributed by atoms with E-state index >= 15 is 0 Å². The van der Waals surface area contributed by atoms with Gasteiger partial charge in [0, 0.05) is 0 Å². The Bertz CT molecular complexity index is 739. The average Bonchev–Trinajstić information content (AvgIpc) is 3.09. The summed E-state index contributed by atoms with van der Waals surface area (Å²) in [4.78, 5) is 12.4. The van der Waals surface area contributed by atoms with Crippen LogP contribution in [0.15, 0.2) is 42.5 Å². The average molecular weight is 339 g/mol. The molecule has 2 atom stereocenters. The van der Waals surface area contributed by atoms with Crippen molar-refractivity contribution >= 4 is 5.91 Å². The Morgan fingerprint density at radius 3 is 2.40 bits per heavy atom. The fourth-order valence-electron chi connectivity index (χ4n) is 3.19. The number of nitrogens with one attached hydrogen (secondary N) is 1. The van der Waals surface area contributed by atoms with Gasteiger partial charge in [-0.3, -0.25) is 4.79 Å². The molecule has 2 aromatic rings. The molecule has 4 nitrogen and oxygen atoms in total. The van der Waals surface area contributed by atoms with Gasteiger partial charge >= 0.3 is 0 Å². The molecular weight excluding hydrogens is 314 g/mol. The van der Waals surface area contributed by atoms with E-state index in [1.54, 1.807) is 26.2 Å². The molecule has 0 heterocycles. The first-order valence-electron chi connectivity index (χ1n) is 8.79. The summed E-state index contributed by atoms with van der Waals surface area (Å²) in [7, 11) is 1.62. The summed E-state index contributed by atoms with van der Waals surface area (Å²) in [6, 6.07) is 13.7. The Hall–Kier alpha value is -2.49.